The number of nitrogens with zero attached hydrogens (tertiary/aromatic N) is 5. The van der Waals surface area contributed by atoms with Gasteiger partial charge in [-0.15, -0.1) is 5.10 Å². The Labute approximate surface area is 198 Å². The van der Waals surface area contributed by atoms with Gasteiger partial charge in [-0.25, -0.2) is 13.1 Å². The van der Waals surface area contributed by atoms with Gasteiger partial charge in [0.05, 0.1) is 38.5 Å². The van der Waals surface area contributed by atoms with E-state index in [1.807, 2.05) is 4.90 Å². The number of hydrogen-bond donors (Lipinski definition) is 0. The molecule has 2 aromatic rings. The van der Waals surface area contributed by atoms with Crippen molar-refractivity contribution in [2.75, 3.05) is 39.7 Å². The minimum Gasteiger partial charge on any atom is -0.497 e. The second-order valence-corrected chi connectivity index (χ2v) is 9.74. The molecular formula is C21H29N5O7S. The molecule has 1 aliphatic heterocycles. The molecule has 34 heavy (non-hydrogen) atoms. The van der Waals surface area contributed by atoms with E-state index in [0.29, 0.717) is 17.0 Å². The zero-order valence-electron chi connectivity index (χ0n) is 19.4. The fourth-order valence-electron chi connectivity index (χ4n) is 3.63. The zero-order valence-corrected chi connectivity index (χ0v) is 20.2. The van der Waals surface area contributed by atoms with E-state index in [2.05, 4.69) is 10.3 Å². The summed E-state index contributed by atoms with van der Waals surface area (Å²) in [5, 5.41) is 7.98. The van der Waals surface area contributed by atoms with Crippen molar-refractivity contribution in [3.05, 3.63) is 41.7 Å². The first-order valence-corrected chi connectivity index (χ1v) is 12.3. The van der Waals surface area contributed by atoms with Crippen molar-refractivity contribution >= 4 is 22.0 Å². The van der Waals surface area contributed by atoms with Crippen molar-refractivity contribution in [2.24, 2.45) is 0 Å². The lowest BCUT2D eigenvalue weighted by Crippen LogP contribution is -2.48. The summed E-state index contributed by atoms with van der Waals surface area (Å²) in [5.74, 6) is -0.600. The molecule has 0 spiro atoms. The Balaban J connectivity index is 1.77. The molecule has 1 fully saturated rings. The number of carbonyl (C=O) groups excluding carboxylic acids is 2. The third kappa shape index (κ3) is 6.52. The smallest absolute Gasteiger partial charge is 0.327 e. The maximum absolute atomic E-state index is 13.1. The van der Waals surface area contributed by atoms with E-state index in [0.717, 1.165) is 0 Å². The van der Waals surface area contributed by atoms with Crippen LogP contribution in [-0.4, -0.2) is 90.3 Å². The van der Waals surface area contributed by atoms with Crippen LogP contribution in [0.2, 0.25) is 0 Å². The van der Waals surface area contributed by atoms with Crippen LogP contribution in [0.3, 0.4) is 0 Å². The third-order valence-corrected chi connectivity index (χ3v) is 7.14. The van der Waals surface area contributed by atoms with Crippen molar-refractivity contribution in [1.82, 2.24) is 24.2 Å². The molecule has 0 N–H and O–H groups in total. The van der Waals surface area contributed by atoms with Gasteiger partial charge in [0, 0.05) is 26.2 Å². The van der Waals surface area contributed by atoms with Gasteiger partial charge in [-0.3, -0.25) is 14.5 Å². The largest absolute Gasteiger partial charge is 0.497 e. The summed E-state index contributed by atoms with van der Waals surface area (Å²) in [6.45, 7) is 2.50. The molecule has 0 saturated carbocycles. The quantitative estimate of drug-likeness (QED) is 0.439. The van der Waals surface area contributed by atoms with Crippen molar-refractivity contribution in [3.63, 3.8) is 0 Å². The molecule has 1 aromatic heterocycles. The van der Waals surface area contributed by atoms with Crippen LogP contribution < -0.4 is 4.74 Å². The molecule has 186 valence electrons. The first-order valence-electron chi connectivity index (χ1n) is 10.7. The normalized spacial score (nSPS) is 18.7. The van der Waals surface area contributed by atoms with Crippen LogP contribution in [-0.2, 0) is 48.7 Å². The summed E-state index contributed by atoms with van der Waals surface area (Å²) >= 11 is 0. The Morgan fingerprint density at radius 1 is 1.15 bits per heavy atom. The van der Waals surface area contributed by atoms with E-state index in [1.165, 1.54) is 16.1 Å². The van der Waals surface area contributed by atoms with Crippen LogP contribution in [0, 0.1) is 0 Å². The molecular weight excluding hydrogens is 466 g/mol. The van der Waals surface area contributed by atoms with Crippen LogP contribution in [0.25, 0.3) is 0 Å². The van der Waals surface area contributed by atoms with Crippen LogP contribution in [0.4, 0.5) is 0 Å². The molecule has 1 atom stereocenters. The Bertz CT molecular complexity index is 1090. The molecule has 2 heterocycles. The Kier molecular flexibility index (Phi) is 8.58. The average molecular weight is 496 g/mol. The predicted octanol–water partition coefficient (Wildman–Crippen LogP) is 0.0390. The van der Waals surface area contributed by atoms with E-state index in [9.17, 15) is 18.0 Å². The van der Waals surface area contributed by atoms with Crippen LogP contribution in [0.15, 0.2) is 30.5 Å². The lowest BCUT2D eigenvalue weighted by molar-refractivity contribution is -0.146. The highest BCUT2D eigenvalue weighted by molar-refractivity contribution is 7.89. The number of esters is 2. The van der Waals surface area contributed by atoms with Crippen LogP contribution in [0.5, 0.6) is 5.75 Å². The number of carbonyl (C=O) groups is 2. The van der Waals surface area contributed by atoms with Gasteiger partial charge in [-0.2, -0.15) is 4.31 Å². The molecule has 3 rings (SSSR count). The summed E-state index contributed by atoms with van der Waals surface area (Å²) in [6, 6.07) is 5.95. The van der Waals surface area contributed by atoms with Gasteiger partial charge < -0.3 is 14.2 Å². The van der Waals surface area contributed by atoms with E-state index in [1.54, 1.807) is 44.5 Å². The first kappa shape index (κ1) is 25.6. The molecule has 0 aliphatic carbocycles. The molecule has 1 aliphatic rings. The first-order chi connectivity index (χ1) is 16.2. The predicted molar refractivity (Wildman–Crippen MR) is 120 cm³/mol. The highest BCUT2D eigenvalue weighted by Crippen LogP contribution is 2.22. The fraction of sp³-hybridized carbons (Fsp3) is 0.524. The van der Waals surface area contributed by atoms with E-state index >= 15 is 0 Å². The fourth-order valence-corrected chi connectivity index (χ4v) is 5.24. The van der Waals surface area contributed by atoms with Gasteiger partial charge in [0.2, 0.25) is 10.0 Å². The van der Waals surface area contributed by atoms with Gasteiger partial charge >= 0.3 is 11.9 Å². The summed E-state index contributed by atoms with van der Waals surface area (Å²) in [4.78, 5) is 26.1. The number of sulfonamides is 1. The third-order valence-electron chi connectivity index (χ3n) is 5.34. The summed E-state index contributed by atoms with van der Waals surface area (Å²) in [5.41, 5.74) is 1.25. The zero-order chi connectivity index (χ0) is 24.7. The average Bonchev–Trinajstić information content (AvgIpc) is 3.21. The van der Waals surface area contributed by atoms with Gasteiger partial charge in [0.1, 0.15) is 18.3 Å². The maximum atomic E-state index is 13.1. The Morgan fingerprint density at radius 3 is 2.53 bits per heavy atom. The topological polar surface area (TPSA) is 133 Å². The minimum absolute atomic E-state index is 0.0235. The van der Waals surface area contributed by atoms with E-state index in [-0.39, 0.29) is 45.1 Å². The molecule has 0 bridgehead atoms. The van der Waals surface area contributed by atoms with Gasteiger partial charge in [0.15, 0.2) is 0 Å². The molecule has 0 amide bonds. The highest BCUT2D eigenvalue weighted by Gasteiger charge is 2.40. The SMILES string of the molecule is CCOC(=O)Cn1cc(CN2CCS(=O)(=O)N(Cc3ccc(OC)cc3)C(C(=O)OC)C2)nn1. The molecule has 13 heteroatoms. The molecule has 1 saturated heterocycles. The summed E-state index contributed by atoms with van der Waals surface area (Å²) in [7, 11) is -0.983. The lowest BCUT2D eigenvalue weighted by atomic mass is 10.2. The van der Waals surface area contributed by atoms with E-state index < -0.39 is 28.0 Å². The number of aromatic nitrogens is 3. The Hall–Kier alpha value is -3.03. The van der Waals surface area contributed by atoms with Gasteiger partial charge in [-0.1, -0.05) is 17.3 Å². The Morgan fingerprint density at radius 2 is 1.88 bits per heavy atom. The van der Waals surface area contributed by atoms with Crippen LogP contribution >= 0.6 is 0 Å². The second kappa shape index (κ2) is 11.4. The molecule has 1 unspecified atom stereocenters. The minimum atomic E-state index is -3.76. The van der Waals surface area contributed by atoms with Gasteiger partial charge in [0.25, 0.3) is 0 Å². The maximum Gasteiger partial charge on any atom is 0.327 e. The van der Waals surface area contributed by atoms with Crippen molar-refractivity contribution < 1.29 is 32.2 Å². The number of ether oxygens (including phenoxy) is 3. The summed E-state index contributed by atoms with van der Waals surface area (Å²) < 4.78 is 43.8. The molecule has 12 nitrogen and oxygen atoms in total. The monoisotopic (exact) mass is 495 g/mol. The van der Waals surface area contributed by atoms with Crippen molar-refractivity contribution in [2.45, 2.75) is 32.6 Å². The highest BCUT2D eigenvalue weighted by atomic mass is 32.2. The second-order valence-electron chi connectivity index (χ2n) is 7.70. The molecule has 1 aromatic carbocycles. The number of hydrogen-bond acceptors (Lipinski definition) is 10. The molecule has 0 radical (unpaired) electrons. The van der Waals surface area contributed by atoms with Gasteiger partial charge in [-0.05, 0) is 24.6 Å². The van der Waals surface area contributed by atoms with Crippen molar-refractivity contribution in [1.29, 1.82) is 0 Å². The standard InChI is InChI=1S/C21H29N5O7S/c1-4-33-20(27)15-25-13-17(22-23-25)12-24-9-10-34(29,30)26(19(14-24)21(28)32-3)11-16-5-7-18(31-2)8-6-16/h5-8,13,19H,4,9-12,14-15H2,1-3H3. The van der Waals surface area contributed by atoms with Crippen molar-refractivity contribution in [3.8, 4) is 5.75 Å². The number of methoxy groups -OCH3 is 2. The lowest BCUT2D eigenvalue weighted by Gasteiger charge is -2.28. The van der Waals surface area contributed by atoms with Crippen LogP contribution in [0.1, 0.15) is 18.2 Å². The number of benzene rings is 1. The van der Waals surface area contributed by atoms with E-state index in [4.69, 9.17) is 14.2 Å². The number of rotatable bonds is 9. The summed E-state index contributed by atoms with van der Waals surface area (Å²) in [6.07, 6.45) is 1.60.